The van der Waals surface area contributed by atoms with Crippen molar-refractivity contribution in [3.05, 3.63) is 85.7 Å². The van der Waals surface area contributed by atoms with E-state index in [0.29, 0.717) is 28.5 Å². The van der Waals surface area contributed by atoms with Crippen LogP contribution in [0, 0.1) is 30.9 Å². The highest BCUT2D eigenvalue weighted by Gasteiger charge is 2.19. The first-order chi connectivity index (χ1) is 13.3. The summed E-state index contributed by atoms with van der Waals surface area (Å²) in [6, 6.07) is 11.9. The molecular formula is C20H19ClN4O3. The molecule has 1 aromatic heterocycles. The Kier molecular flexibility index (Phi) is 5.46. The molecule has 0 fully saturated rings. The van der Waals surface area contributed by atoms with Crippen LogP contribution in [0.2, 0.25) is 5.02 Å². The van der Waals surface area contributed by atoms with Gasteiger partial charge in [-0.3, -0.25) is 19.6 Å². The number of carbonyl (C=O) groups excluding carboxylic acids is 1. The summed E-state index contributed by atoms with van der Waals surface area (Å²) in [6.07, 6.45) is 0. The molecule has 1 heterocycles. The van der Waals surface area contributed by atoms with Gasteiger partial charge in [-0.1, -0.05) is 35.9 Å². The Labute approximate surface area is 167 Å². The van der Waals surface area contributed by atoms with Gasteiger partial charge in [0.2, 0.25) is 0 Å². The number of benzene rings is 2. The third kappa shape index (κ3) is 3.89. The monoisotopic (exact) mass is 398 g/mol. The van der Waals surface area contributed by atoms with E-state index in [1.807, 2.05) is 31.2 Å². The second kappa shape index (κ2) is 7.82. The summed E-state index contributed by atoms with van der Waals surface area (Å²) < 4.78 is 1.77. The Balaban J connectivity index is 1.86. The van der Waals surface area contributed by atoms with Crippen LogP contribution in [0.15, 0.2) is 42.5 Å². The first-order valence-electron chi connectivity index (χ1n) is 8.61. The topological polar surface area (TPSA) is 90.1 Å². The molecule has 144 valence electrons. The quantitative estimate of drug-likeness (QED) is 0.499. The highest BCUT2D eigenvalue weighted by Crippen LogP contribution is 2.25. The molecule has 1 amide bonds. The van der Waals surface area contributed by atoms with Crippen LogP contribution in [0.25, 0.3) is 0 Å². The fourth-order valence-corrected chi connectivity index (χ4v) is 3.15. The lowest BCUT2D eigenvalue weighted by Gasteiger charge is -2.09. The molecule has 3 rings (SSSR count). The summed E-state index contributed by atoms with van der Waals surface area (Å²) in [7, 11) is 0. The number of aromatic nitrogens is 2. The standard InChI is InChI=1S/C20H19ClN4O3/c1-12-8-9-15(10-18(12)25(27)28)20(26)22-19-13(2)23-24(14(19)3)11-16-6-4-5-7-17(16)21/h4-10H,11H2,1-3H3,(H,22,26). The van der Waals surface area contributed by atoms with Crippen LogP contribution >= 0.6 is 11.6 Å². The molecule has 0 saturated heterocycles. The maximum absolute atomic E-state index is 12.6. The first kappa shape index (κ1) is 19.6. The summed E-state index contributed by atoms with van der Waals surface area (Å²) in [4.78, 5) is 23.3. The number of nitrogens with one attached hydrogen (secondary N) is 1. The number of rotatable bonds is 5. The van der Waals surface area contributed by atoms with Crippen LogP contribution in [0.4, 0.5) is 11.4 Å². The molecule has 0 aliphatic rings. The van der Waals surface area contributed by atoms with Gasteiger partial charge in [0, 0.05) is 22.2 Å². The predicted octanol–water partition coefficient (Wildman–Crippen LogP) is 4.67. The molecule has 0 aliphatic heterocycles. The van der Waals surface area contributed by atoms with Crippen molar-refractivity contribution in [2.75, 3.05) is 5.32 Å². The average molecular weight is 399 g/mol. The van der Waals surface area contributed by atoms with E-state index in [2.05, 4.69) is 10.4 Å². The van der Waals surface area contributed by atoms with Crippen LogP contribution in [-0.4, -0.2) is 20.6 Å². The number of aryl methyl sites for hydroxylation is 2. The lowest BCUT2D eigenvalue weighted by Crippen LogP contribution is -2.14. The zero-order valence-corrected chi connectivity index (χ0v) is 16.4. The van der Waals surface area contributed by atoms with E-state index < -0.39 is 10.8 Å². The first-order valence-corrected chi connectivity index (χ1v) is 8.99. The Morgan fingerprint density at radius 1 is 1.21 bits per heavy atom. The van der Waals surface area contributed by atoms with Crippen LogP contribution in [0.1, 0.15) is 32.9 Å². The highest BCUT2D eigenvalue weighted by atomic mass is 35.5. The third-order valence-electron chi connectivity index (χ3n) is 4.57. The van der Waals surface area contributed by atoms with Gasteiger partial charge in [-0.05, 0) is 38.5 Å². The van der Waals surface area contributed by atoms with Gasteiger partial charge < -0.3 is 5.32 Å². The van der Waals surface area contributed by atoms with Gasteiger partial charge in [0.1, 0.15) is 0 Å². The Hall–Kier alpha value is -3.19. The van der Waals surface area contributed by atoms with E-state index in [-0.39, 0.29) is 11.3 Å². The fourth-order valence-electron chi connectivity index (χ4n) is 2.95. The Bertz CT molecular complexity index is 1080. The van der Waals surface area contributed by atoms with Crippen molar-refractivity contribution in [2.24, 2.45) is 0 Å². The number of nitrogens with zero attached hydrogens (tertiary/aromatic N) is 3. The van der Waals surface area contributed by atoms with Gasteiger partial charge in [-0.25, -0.2) is 0 Å². The zero-order valence-electron chi connectivity index (χ0n) is 15.7. The molecule has 3 aromatic rings. The van der Waals surface area contributed by atoms with E-state index in [9.17, 15) is 14.9 Å². The minimum atomic E-state index is -0.496. The normalized spacial score (nSPS) is 10.7. The molecule has 0 saturated carbocycles. The van der Waals surface area contributed by atoms with Crippen LogP contribution in [0.3, 0.4) is 0 Å². The van der Waals surface area contributed by atoms with Gasteiger partial charge in [0.25, 0.3) is 11.6 Å². The number of hydrogen-bond acceptors (Lipinski definition) is 4. The molecular weight excluding hydrogens is 380 g/mol. The molecule has 2 aromatic carbocycles. The van der Waals surface area contributed by atoms with Gasteiger partial charge in [0.05, 0.1) is 28.5 Å². The Morgan fingerprint density at radius 2 is 1.93 bits per heavy atom. The van der Waals surface area contributed by atoms with Crippen LogP contribution in [0.5, 0.6) is 0 Å². The summed E-state index contributed by atoms with van der Waals surface area (Å²) in [6.45, 7) is 5.75. The molecule has 0 unspecified atom stereocenters. The second-order valence-corrected chi connectivity index (χ2v) is 6.91. The zero-order chi connectivity index (χ0) is 20.4. The maximum atomic E-state index is 12.6. The summed E-state index contributed by atoms with van der Waals surface area (Å²) >= 11 is 6.22. The SMILES string of the molecule is Cc1ccc(C(=O)Nc2c(C)nn(Cc3ccccc3Cl)c2C)cc1[N+](=O)[O-]. The van der Waals surface area contributed by atoms with Crippen molar-refractivity contribution >= 4 is 28.9 Å². The largest absolute Gasteiger partial charge is 0.319 e. The molecule has 7 nitrogen and oxygen atoms in total. The molecule has 0 bridgehead atoms. The average Bonchev–Trinajstić information content (AvgIpc) is 2.91. The summed E-state index contributed by atoms with van der Waals surface area (Å²) in [5.41, 5.74) is 3.56. The second-order valence-electron chi connectivity index (χ2n) is 6.51. The lowest BCUT2D eigenvalue weighted by molar-refractivity contribution is -0.385. The number of nitro groups is 1. The molecule has 8 heteroatoms. The van der Waals surface area contributed by atoms with Crippen molar-refractivity contribution in [3.63, 3.8) is 0 Å². The highest BCUT2D eigenvalue weighted by molar-refractivity contribution is 6.31. The van der Waals surface area contributed by atoms with Crippen molar-refractivity contribution in [1.82, 2.24) is 9.78 Å². The molecule has 0 atom stereocenters. The Morgan fingerprint density at radius 3 is 2.61 bits per heavy atom. The number of nitro benzene ring substituents is 1. The van der Waals surface area contributed by atoms with Crippen molar-refractivity contribution in [1.29, 1.82) is 0 Å². The van der Waals surface area contributed by atoms with Crippen molar-refractivity contribution in [3.8, 4) is 0 Å². The minimum absolute atomic E-state index is 0.0875. The number of halogens is 1. The van der Waals surface area contributed by atoms with Gasteiger partial charge >= 0.3 is 0 Å². The van der Waals surface area contributed by atoms with Crippen molar-refractivity contribution in [2.45, 2.75) is 27.3 Å². The van der Waals surface area contributed by atoms with E-state index in [4.69, 9.17) is 11.6 Å². The van der Waals surface area contributed by atoms with Crippen LogP contribution in [-0.2, 0) is 6.54 Å². The van der Waals surface area contributed by atoms with E-state index in [1.165, 1.54) is 6.07 Å². The number of hydrogen-bond donors (Lipinski definition) is 1. The minimum Gasteiger partial charge on any atom is -0.319 e. The van der Waals surface area contributed by atoms with Crippen molar-refractivity contribution < 1.29 is 9.72 Å². The van der Waals surface area contributed by atoms with Crippen LogP contribution < -0.4 is 5.32 Å². The summed E-state index contributed by atoms with van der Waals surface area (Å²) in [5.74, 6) is -0.424. The van der Waals surface area contributed by atoms with E-state index in [0.717, 1.165) is 11.3 Å². The van der Waals surface area contributed by atoms with Gasteiger partial charge in [-0.2, -0.15) is 5.10 Å². The molecule has 0 radical (unpaired) electrons. The van der Waals surface area contributed by atoms with E-state index in [1.54, 1.807) is 30.7 Å². The fraction of sp³-hybridized carbons (Fsp3) is 0.200. The predicted molar refractivity (Wildman–Crippen MR) is 108 cm³/mol. The molecule has 0 aliphatic carbocycles. The van der Waals surface area contributed by atoms with Gasteiger partial charge in [0.15, 0.2) is 0 Å². The number of amides is 1. The lowest BCUT2D eigenvalue weighted by atomic mass is 10.1. The van der Waals surface area contributed by atoms with Gasteiger partial charge in [-0.15, -0.1) is 0 Å². The molecule has 28 heavy (non-hydrogen) atoms. The molecule has 0 spiro atoms. The number of carbonyl (C=O) groups is 1. The summed E-state index contributed by atoms with van der Waals surface area (Å²) in [5, 5.41) is 19.1. The third-order valence-corrected chi connectivity index (χ3v) is 4.93. The number of anilines is 1. The van der Waals surface area contributed by atoms with E-state index >= 15 is 0 Å². The molecule has 1 N–H and O–H groups in total. The maximum Gasteiger partial charge on any atom is 0.273 e. The smallest absolute Gasteiger partial charge is 0.273 e.